The number of benzene rings is 1. The van der Waals surface area contributed by atoms with E-state index >= 15 is 0 Å². The molecule has 1 aromatic rings. The van der Waals surface area contributed by atoms with E-state index in [1.165, 1.54) is 6.07 Å². The van der Waals surface area contributed by atoms with Crippen LogP contribution in [0.2, 0.25) is 0 Å². The van der Waals surface area contributed by atoms with Gasteiger partial charge in [0, 0.05) is 18.2 Å². The first-order valence-electron chi connectivity index (χ1n) is 9.94. The van der Waals surface area contributed by atoms with Gasteiger partial charge in [0.15, 0.2) is 0 Å². The minimum absolute atomic E-state index is 0.0881. The zero-order valence-electron chi connectivity index (χ0n) is 17.8. The Morgan fingerprint density at radius 3 is 2.45 bits per heavy atom. The fraction of sp³-hybridized carbons (Fsp3) is 0.619. The molecule has 0 aliphatic carbocycles. The first-order chi connectivity index (χ1) is 13.6. The van der Waals surface area contributed by atoms with Gasteiger partial charge in [0.25, 0.3) is 5.69 Å². The van der Waals surface area contributed by atoms with Crippen LogP contribution in [0.15, 0.2) is 24.8 Å². The third-order valence-corrected chi connectivity index (χ3v) is 4.77. The average Bonchev–Trinajstić information content (AvgIpc) is 2.62. The first kappa shape index (κ1) is 24.6. The molecule has 0 amide bonds. The van der Waals surface area contributed by atoms with Crippen LogP contribution < -0.4 is 4.74 Å². The molecule has 0 N–H and O–H groups in total. The molecule has 29 heavy (non-hydrogen) atoms. The molecule has 0 spiro atoms. The summed E-state index contributed by atoms with van der Waals surface area (Å²) in [5.41, 5.74) is -0.454. The van der Waals surface area contributed by atoms with Crippen molar-refractivity contribution < 1.29 is 19.3 Å². The van der Waals surface area contributed by atoms with E-state index in [1.54, 1.807) is 6.08 Å². The number of allylic oxidation sites excluding steroid dienone is 1. The van der Waals surface area contributed by atoms with Crippen LogP contribution in [0.4, 0.5) is 11.4 Å². The highest BCUT2D eigenvalue weighted by Gasteiger charge is 2.25. The van der Waals surface area contributed by atoms with Gasteiger partial charge in [-0.2, -0.15) is 0 Å². The predicted octanol–water partition coefficient (Wildman–Crippen LogP) is 5.62. The van der Waals surface area contributed by atoms with Crippen LogP contribution in [0.3, 0.4) is 0 Å². The smallest absolute Gasteiger partial charge is 0.318 e. The molecule has 162 valence electrons. The molecule has 0 fully saturated rings. The molecule has 0 aromatic heterocycles. The largest absolute Gasteiger partial charge is 0.487 e. The molecule has 1 atom stereocenters. The summed E-state index contributed by atoms with van der Waals surface area (Å²) in [6, 6.07) is 2.25. The van der Waals surface area contributed by atoms with E-state index in [0.29, 0.717) is 24.7 Å². The SMILES string of the molecule is C=CCc1cc([N+](=O)[O-])cc([N+](=O)[O-])c1OCCC(C)CCCC(C)(C)OCC. The van der Waals surface area contributed by atoms with E-state index in [-0.39, 0.29) is 29.1 Å². The second kappa shape index (κ2) is 11.5. The molecule has 0 heterocycles. The molecule has 0 radical (unpaired) electrons. The number of nitro benzene ring substituents is 2. The fourth-order valence-electron chi connectivity index (χ4n) is 3.22. The Bertz CT molecular complexity index is 717. The normalized spacial score (nSPS) is 12.4. The van der Waals surface area contributed by atoms with Gasteiger partial charge in [-0.1, -0.05) is 25.8 Å². The molecule has 0 bridgehead atoms. The third-order valence-electron chi connectivity index (χ3n) is 4.77. The van der Waals surface area contributed by atoms with E-state index < -0.39 is 9.85 Å². The molecule has 0 aliphatic rings. The van der Waals surface area contributed by atoms with Crippen molar-refractivity contribution in [3.05, 3.63) is 50.6 Å². The highest BCUT2D eigenvalue weighted by molar-refractivity contribution is 5.59. The van der Waals surface area contributed by atoms with Crippen LogP contribution in [-0.4, -0.2) is 28.7 Å². The number of nitrogens with zero attached hydrogens (tertiary/aromatic N) is 2. The van der Waals surface area contributed by atoms with Gasteiger partial charge in [-0.25, -0.2) is 0 Å². The maximum absolute atomic E-state index is 11.4. The van der Waals surface area contributed by atoms with E-state index in [1.807, 2.05) is 6.92 Å². The van der Waals surface area contributed by atoms with Crippen molar-refractivity contribution in [2.75, 3.05) is 13.2 Å². The van der Waals surface area contributed by atoms with Crippen molar-refractivity contribution in [3.8, 4) is 5.75 Å². The minimum Gasteiger partial charge on any atom is -0.487 e. The highest BCUT2D eigenvalue weighted by atomic mass is 16.6. The summed E-state index contributed by atoms with van der Waals surface area (Å²) in [7, 11) is 0. The lowest BCUT2D eigenvalue weighted by molar-refractivity contribution is -0.394. The number of hydrogen-bond donors (Lipinski definition) is 0. The topological polar surface area (TPSA) is 105 Å². The molecular weight excluding hydrogens is 376 g/mol. The van der Waals surface area contributed by atoms with E-state index in [9.17, 15) is 20.2 Å². The maximum atomic E-state index is 11.4. The zero-order valence-corrected chi connectivity index (χ0v) is 17.8. The van der Waals surface area contributed by atoms with E-state index in [2.05, 4.69) is 27.4 Å². The van der Waals surface area contributed by atoms with Crippen molar-refractivity contribution in [3.63, 3.8) is 0 Å². The molecule has 8 nitrogen and oxygen atoms in total. The Kier molecular flexibility index (Phi) is 9.74. The Morgan fingerprint density at radius 1 is 1.21 bits per heavy atom. The summed E-state index contributed by atoms with van der Waals surface area (Å²) >= 11 is 0. The fourth-order valence-corrected chi connectivity index (χ4v) is 3.22. The monoisotopic (exact) mass is 408 g/mol. The number of hydrogen-bond acceptors (Lipinski definition) is 6. The lowest BCUT2D eigenvalue weighted by Crippen LogP contribution is -2.24. The van der Waals surface area contributed by atoms with Crippen molar-refractivity contribution in [2.45, 2.75) is 65.4 Å². The van der Waals surface area contributed by atoms with Crippen molar-refractivity contribution in [2.24, 2.45) is 5.92 Å². The summed E-state index contributed by atoms with van der Waals surface area (Å²) in [5, 5.41) is 22.5. The predicted molar refractivity (Wildman–Crippen MR) is 112 cm³/mol. The van der Waals surface area contributed by atoms with Crippen LogP contribution in [0, 0.1) is 26.1 Å². The molecule has 8 heteroatoms. The maximum Gasteiger partial charge on any atom is 0.318 e. The highest BCUT2D eigenvalue weighted by Crippen LogP contribution is 2.36. The standard InChI is InChI=1S/C21H32N2O6/c1-6-9-17-14-18(22(24)25)15-19(23(26)27)20(17)28-13-11-16(3)10-8-12-21(4,5)29-7-2/h6,14-16H,1,7-13H2,2-5H3. The average molecular weight is 408 g/mol. The van der Waals surface area contributed by atoms with Gasteiger partial charge in [0.2, 0.25) is 5.75 Å². The van der Waals surface area contributed by atoms with Crippen LogP contribution in [0.5, 0.6) is 5.75 Å². The van der Waals surface area contributed by atoms with Gasteiger partial charge >= 0.3 is 5.69 Å². The minimum atomic E-state index is -0.645. The Labute approximate surface area is 172 Å². The van der Waals surface area contributed by atoms with E-state index in [4.69, 9.17) is 9.47 Å². The molecule has 0 saturated carbocycles. The lowest BCUT2D eigenvalue weighted by atomic mass is 9.95. The van der Waals surface area contributed by atoms with Gasteiger partial charge in [0.05, 0.1) is 28.1 Å². The van der Waals surface area contributed by atoms with Gasteiger partial charge in [-0.3, -0.25) is 20.2 Å². The number of rotatable bonds is 14. The molecular formula is C21H32N2O6. The van der Waals surface area contributed by atoms with Crippen molar-refractivity contribution >= 4 is 11.4 Å². The second-order valence-electron chi connectivity index (χ2n) is 7.79. The zero-order chi connectivity index (χ0) is 22.0. The van der Waals surface area contributed by atoms with Crippen molar-refractivity contribution in [1.82, 2.24) is 0 Å². The Morgan fingerprint density at radius 2 is 1.90 bits per heavy atom. The van der Waals surface area contributed by atoms with Crippen LogP contribution in [-0.2, 0) is 11.2 Å². The van der Waals surface area contributed by atoms with Gasteiger partial charge in [-0.05, 0) is 46.0 Å². The molecule has 1 aromatic carbocycles. The number of ether oxygens (including phenoxy) is 2. The van der Waals surface area contributed by atoms with Gasteiger partial charge in [0.1, 0.15) is 0 Å². The summed E-state index contributed by atoms with van der Waals surface area (Å²) in [4.78, 5) is 21.2. The van der Waals surface area contributed by atoms with Gasteiger partial charge in [-0.15, -0.1) is 6.58 Å². The first-order valence-corrected chi connectivity index (χ1v) is 9.94. The van der Waals surface area contributed by atoms with Crippen LogP contribution >= 0.6 is 0 Å². The number of nitro groups is 2. The molecule has 0 aliphatic heterocycles. The lowest BCUT2D eigenvalue weighted by Gasteiger charge is -2.25. The quantitative estimate of drug-likeness (QED) is 0.225. The summed E-state index contributed by atoms with van der Waals surface area (Å²) < 4.78 is 11.4. The number of non-ortho nitro benzene ring substituents is 1. The molecule has 1 rings (SSSR count). The molecule has 0 saturated heterocycles. The van der Waals surface area contributed by atoms with Crippen LogP contribution in [0.25, 0.3) is 0 Å². The second-order valence-corrected chi connectivity index (χ2v) is 7.79. The Balaban J connectivity index is 2.74. The Hall–Kier alpha value is -2.48. The van der Waals surface area contributed by atoms with E-state index in [0.717, 1.165) is 31.7 Å². The van der Waals surface area contributed by atoms with Crippen LogP contribution in [0.1, 0.15) is 58.9 Å². The van der Waals surface area contributed by atoms with Crippen molar-refractivity contribution in [1.29, 1.82) is 0 Å². The summed E-state index contributed by atoms with van der Waals surface area (Å²) in [5.74, 6) is 0.470. The van der Waals surface area contributed by atoms with Gasteiger partial charge < -0.3 is 9.47 Å². The molecule has 1 unspecified atom stereocenters. The third kappa shape index (κ3) is 8.19. The summed E-state index contributed by atoms with van der Waals surface area (Å²) in [6.45, 7) is 12.9. The summed E-state index contributed by atoms with van der Waals surface area (Å²) in [6.07, 6.45) is 5.51.